The lowest BCUT2D eigenvalue weighted by Gasteiger charge is -2.23. The third-order valence-electron chi connectivity index (χ3n) is 1.56. The average molecular weight is 229 g/mol. The minimum Gasteiger partial charge on any atom is -0.544 e. The number of aliphatic hydroxyl groups excluding tert-OH is 1. The second-order valence-corrected chi connectivity index (χ2v) is 4.46. The van der Waals surface area contributed by atoms with Gasteiger partial charge in [0.15, 0.2) is 0 Å². The number of quaternary nitrogens is 1. The quantitative estimate of drug-likeness (QED) is 0.663. The number of likely N-dealkylation sites (N-methyl/N-ethyl adjacent to an activating group) is 1. The molecule has 0 amide bonds. The van der Waals surface area contributed by atoms with Crippen LogP contribution in [-0.4, -0.2) is 52.8 Å². The molecule has 0 radical (unpaired) electrons. The van der Waals surface area contributed by atoms with E-state index < -0.39 is 12.2 Å². The zero-order chi connectivity index (χ0) is 12.8. The Morgan fingerprint density at radius 1 is 1.56 bits per heavy atom. The predicted octanol–water partition coefficient (Wildman–Crippen LogP) is -1.16. The number of carboxylic acids is 1. The standard InChI is InChI=1S/C5H8N2O.C5H11NO2/c1-5(8)7-3-2-6-4-7;1-6(2,3)4-5(7)8/h2-5,8H,1H3;4H2,1-3H3. The first kappa shape index (κ1) is 14.6. The topological polar surface area (TPSA) is 78.2 Å². The van der Waals surface area contributed by atoms with E-state index in [4.69, 9.17) is 5.11 Å². The van der Waals surface area contributed by atoms with Gasteiger partial charge >= 0.3 is 0 Å². The summed E-state index contributed by atoms with van der Waals surface area (Å²) in [6.45, 7) is 1.75. The maximum Gasteiger partial charge on any atom is 0.128 e. The van der Waals surface area contributed by atoms with Crippen molar-refractivity contribution in [2.24, 2.45) is 0 Å². The summed E-state index contributed by atoms with van der Waals surface area (Å²) in [6.07, 6.45) is 4.46. The molecule has 1 aromatic rings. The van der Waals surface area contributed by atoms with Crippen LogP contribution >= 0.6 is 0 Å². The number of hydrogen-bond acceptors (Lipinski definition) is 4. The molecule has 92 valence electrons. The summed E-state index contributed by atoms with van der Waals surface area (Å²) in [5.41, 5.74) is 0. The van der Waals surface area contributed by atoms with Crippen molar-refractivity contribution < 1.29 is 19.5 Å². The molecule has 6 heteroatoms. The zero-order valence-corrected chi connectivity index (χ0v) is 10.1. The third kappa shape index (κ3) is 7.95. The second-order valence-electron chi connectivity index (χ2n) is 4.46. The fraction of sp³-hybridized carbons (Fsp3) is 0.600. The molecule has 1 N–H and O–H groups in total. The van der Waals surface area contributed by atoms with E-state index in [-0.39, 0.29) is 6.54 Å². The van der Waals surface area contributed by atoms with Gasteiger partial charge in [-0.2, -0.15) is 0 Å². The maximum atomic E-state index is 9.89. The molecule has 1 atom stereocenters. The van der Waals surface area contributed by atoms with Crippen LogP contribution in [0.3, 0.4) is 0 Å². The molecule has 1 heterocycles. The predicted molar refractivity (Wildman–Crippen MR) is 57.1 cm³/mol. The van der Waals surface area contributed by atoms with Crippen molar-refractivity contribution in [3.8, 4) is 0 Å². The molecular formula is C10H19N3O3. The molecule has 1 rings (SSSR count). The van der Waals surface area contributed by atoms with Crippen molar-refractivity contribution in [2.75, 3.05) is 27.7 Å². The van der Waals surface area contributed by atoms with Gasteiger partial charge in [0.2, 0.25) is 0 Å². The number of rotatable bonds is 3. The molecule has 0 saturated carbocycles. The third-order valence-corrected chi connectivity index (χ3v) is 1.56. The van der Waals surface area contributed by atoms with E-state index >= 15 is 0 Å². The van der Waals surface area contributed by atoms with Crippen LogP contribution in [0.15, 0.2) is 18.7 Å². The van der Waals surface area contributed by atoms with Crippen LogP contribution in [0, 0.1) is 0 Å². The highest BCUT2D eigenvalue weighted by atomic mass is 16.4. The van der Waals surface area contributed by atoms with Gasteiger partial charge < -0.3 is 24.1 Å². The first-order chi connectivity index (χ1) is 7.22. The number of carbonyl (C=O) groups is 1. The van der Waals surface area contributed by atoms with E-state index in [9.17, 15) is 9.90 Å². The molecule has 16 heavy (non-hydrogen) atoms. The molecule has 0 fully saturated rings. The van der Waals surface area contributed by atoms with E-state index in [0.29, 0.717) is 4.48 Å². The Morgan fingerprint density at radius 2 is 2.12 bits per heavy atom. The first-order valence-electron chi connectivity index (χ1n) is 4.88. The monoisotopic (exact) mass is 229 g/mol. The van der Waals surface area contributed by atoms with E-state index in [1.54, 1.807) is 51.4 Å². The van der Waals surface area contributed by atoms with Crippen molar-refractivity contribution in [3.63, 3.8) is 0 Å². The Bertz CT molecular complexity index is 302. The molecule has 1 aromatic heterocycles. The van der Waals surface area contributed by atoms with Gasteiger partial charge in [0.05, 0.1) is 33.4 Å². The number of aliphatic hydroxyl groups is 1. The molecule has 0 aliphatic carbocycles. The van der Waals surface area contributed by atoms with Crippen LogP contribution in [-0.2, 0) is 4.79 Å². The maximum absolute atomic E-state index is 9.89. The summed E-state index contributed by atoms with van der Waals surface area (Å²) in [5.74, 6) is -1.00. The lowest BCUT2D eigenvalue weighted by molar-refractivity contribution is -0.864. The van der Waals surface area contributed by atoms with Gasteiger partial charge in [0.25, 0.3) is 0 Å². The van der Waals surface area contributed by atoms with Crippen LogP contribution in [0.4, 0.5) is 0 Å². The van der Waals surface area contributed by atoms with Crippen molar-refractivity contribution in [1.29, 1.82) is 0 Å². The first-order valence-corrected chi connectivity index (χ1v) is 4.88. The Labute approximate surface area is 95.4 Å². The van der Waals surface area contributed by atoms with Crippen LogP contribution < -0.4 is 5.11 Å². The summed E-state index contributed by atoms with van der Waals surface area (Å²) in [5, 5.41) is 18.7. The van der Waals surface area contributed by atoms with Crippen molar-refractivity contribution in [2.45, 2.75) is 13.2 Å². The van der Waals surface area contributed by atoms with Gasteiger partial charge in [0, 0.05) is 12.4 Å². The Morgan fingerprint density at radius 3 is 2.25 bits per heavy atom. The zero-order valence-electron chi connectivity index (χ0n) is 10.1. The number of aromatic nitrogens is 2. The van der Waals surface area contributed by atoms with Gasteiger partial charge in [-0.25, -0.2) is 4.98 Å². The number of imidazole rings is 1. The fourth-order valence-corrected chi connectivity index (χ4v) is 0.878. The highest BCUT2D eigenvalue weighted by Crippen LogP contribution is 1.96. The van der Waals surface area contributed by atoms with E-state index in [0.717, 1.165) is 0 Å². The van der Waals surface area contributed by atoms with Crippen molar-refractivity contribution >= 4 is 5.97 Å². The minimum absolute atomic E-state index is 0.0694. The van der Waals surface area contributed by atoms with Gasteiger partial charge in [0.1, 0.15) is 12.8 Å². The summed E-state index contributed by atoms with van der Waals surface area (Å²) in [6, 6.07) is 0. The number of carbonyl (C=O) groups excluding carboxylic acids is 1. The molecule has 0 spiro atoms. The highest BCUT2D eigenvalue weighted by molar-refractivity contribution is 5.65. The molecule has 1 unspecified atom stereocenters. The van der Waals surface area contributed by atoms with Crippen LogP contribution in [0.1, 0.15) is 13.2 Å². The van der Waals surface area contributed by atoms with Gasteiger partial charge in [-0.1, -0.05) is 0 Å². The number of nitrogens with zero attached hydrogens (tertiary/aromatic N) is 3. The Kier molecular flexibility index (Phi) is 5.69. The lowest BCUT2D eigenvalue weighted by atomic mass is 10.5. The largest absolute Gasteiger partial charge is 0.544 e. The van der Waals surface area contributed by atoms with Crippen molar-refractivity contribution in [1.82, 2.24) is 9.55 Å². The molecule has 0 aliphatic rings. The van der Waals surface area contributed by atoms with Crippen LogP contribution in [0.5, 0.6) is 0 Å². The molecular weight excluding hydrogens is 210 g/mol. The minimum atomic E-state index is -1.00. The van der Waals surface area contributed by atoms with Gasteiger partial charge in [-0.3, -0.25) is 0 Å². The van der Waals surface area contributed by atoms with Crippen LogP contribution in [0.25, 0.3) is 0 Å². The summed E-state index contributed by atoms with van der Waals surface area (Å²) in [7, 11) is 5.40. The van der Waals surface area contributed by atoms with E-state index in [2.05, 4.69) is 4.98 Å². The summed E-state index contributed by atoms with van der Waals surface area (Å²) >= 11 is 0. The van der Waals surface area contributed by atoms with Crippen molar-refractivity contribution in [3.05, 3.63) is 18.7 Å². The molecule has 0 aliphatic heterocycles. The summed E-state index contributed by atoms with van der Waals surface area (Å²) in [4.78, 5) is 13.6. The molecule has 0 bridgehead atoms. The second kappa shape index (κ2) is 6.24. The normalized spacial score (nSPS) is 12.6. The van der Waals surface area contributed by atoms with E-state index in [1.807, 2.05) is 0 Å². The highest BCUT2D eigenvalue weighted by Gasteiger charge is 2.04. The average Bonchev–Trinajstić information content (AvgIpc) is 2.50. The lowest BCUT2D eigenvalue weighted by Crippen LogP contribution is -2.45. The smallest absolute Gasteiger partial charge is 0.128 e. The fourth-order valence-electron chi connectivity index (χ4n) is 0.878. The van der Waals surface area contributed by atoms with Crippen LogP contribution in [0.2, 0.25) is 0 Å². The Balaban J connectivity index is 0.000000281. The van der Waals surface area contributed by atoms with Gasteiger partial charge in [-0.15, -0.1) is 0 Å². The number of aliphatic carboxylic acids is 1. The van der Waals surface area contributed by atoms with E-state index in [1.165, 1.54) is 0 Å². The summed E-state index contributed by atoms with van der Waals surface area (Å²) < 4.78 is 2.03. The number of carboxylic acid groups (broad SMARTS) is 1. The molecule has 6 nitrogen and oxygen atoms in total. The SMILES string of the molecule is CC(O)n1ccnc1.C[N+](C)(C)CC(=O)[O-]. The molecule has 0 saturated heterocycles. The van der Waals surface area contributed by atoms with Gasteiger partial charge in [-0.05, 0) is 6.92 Å². The molecule has 0 aromatic carbocycles. The number of hydrogen-bond donors (Lipinski definition) is 1. The Hall–Kier alpha value is -1.40.